The summed E-state index contributed by atoms with van der Waals surface area (Å²) in [6.45, 7) is 1.26. The van der Waals surface area contributed by atoms with Crippen molar-refractivity contribution < 1.29 is 9.18 Å². The van der Waals surface area contributed by atoms with E-state index in [0.717, 1.165) is 38.6 Å². The van der Waals surface area contributed by atoms with E-state index in [1.165, 1.54) is 12.1 Å². The first kappa shape index (κ1) is 15.4. The summed E-state index contributed by atoms with van der Waals surface area (Å²) in [7, 11) is 0. The number of H-pyrrole nitrogens is 1. The minimum atomic E-state index is -0.247. The monoisotopic (exact) mass is 386 g/mol. The molecular weight excluding hydrogens is 371 g/mol. The minimum Gasteiger partial charge on any atom is -0.358 e. The van der Waals surface area contributed by atoms with Gasteiger partial charge in [0.15, 0.2) is 0 Å². The average Bonchev–Trinajstić information content (AvgIpc) is 2.93. The third-order valence-corrected chi connectivity index (χ3v) is 5.36. The van der Waals surface area contributed by atoms with Crippen molar-refractivity contribution >= 4 is 32.7 Å². The third kappa shape index (κ3) is 2.73. The summed E-state index contributed by atoms with van der Waals surface area (Å²) in [4.78, 5) is 17.9. The van der Waals surface area contributed by atoms with E-state index < -0.39 is 0 Å². The summed E-state index contributed by atoms with van der Waals surface area (Å²) in [5, 5.41) is 1.00. The Kier molecular flexibility index (Phi) is 3.88. The number of carbonyl (C=O) groups is 1. The highest BCUT2D eigenvalue weighted by atomic mass is 79.9. The van der Waals surface area contributed by atoms with E-state index in [1.54, 1.807) is 6.07 Å². The zero-order valence-corrected chi connectivity index (χ0v) is 14.6. The van der Waals surface area contributed by atoms with Gasteiger partial charge in [-0.15, -0.1) is 0 Å². The van der Waals surface area contributed by atoms with Crippen LogP contribution in [-0.2, 0) is 24.2 Å². The van der Waals surface area contributed by atoms with Crippen LogP contribution in [0.1, 0.15) is 16.8 Å². The molecule has 0 unspecified atom stereocenters. The van der Waals surface area contributed by atoms with Crippen LogP contribution in [0.2, 0.25) is 0 Å². The number of hydrogen-bond acceptors (Lipinski definition) is 1. The molecule has 1 aliphatic heterocycles. The van der Waals surface area contributed by atoms with Gasteiger partial charge in [-0.1, -0.05) is 34.1 Å². The molecule has 0 atom stereocenters. The van der Waals surface area contributed by atoms with Crippen LogP contribution in [0.15, 0.2) is 46.9 Å². The van der Waals surface area contributed by atoms with Crippen molar-refractivity contribution in [3.8, 4) is 0 Å². The molecule has 0 saturated heterocycles. The second-order valence-electron chi connectivity index (χ2n) is 6.11. The summed E-state index contributed by atoms with van der Waals surface area (Å²) in [5.41, 5.74) is 4.02. The van der Waals surface area contributed by atoms with Gasteiger partial charge in [0, 0.05) is 46.1 Å². The molecule has 0 fully saturated rings. The molecule has 1 amide bonds. The Hall–Kier alpha value is -2.14. The summed E-state index contributed by atoms with van der Waals surface area (Å²) in [5.74, 6) is -0.132. The number of halogens is 2. The van der Waals surface area contributed by atoms with Crippen molar-refractivity contribution in [1.29, 1.82) is 0 Å². The molecule has 3 nitrogen and oxygen atoms in total. The average molecular weight is 387 g/mol. The maximum Gasteiger partial charge on any atom is 0.227 e. The Bertz CT molecular complexity index is 934. The SMILES string of the molecule is O=C(Cc1ccccc1Br)N1CCc2[nH]c3cc(F)ccc3c2C1. The zero-order chi connectivity index (χ0) is 16.7. The van der Waals surface area contributed by atoms with Crippen LogP contribution in [0, 0.1) is 5.82 Å². The maximum absolute atomic E-state index is 13.4. The molecule has 3 aromatic rings. The highest BCUT2D eigenvalue weighted by Crippen LogP contribution is 2.28. The Labute approximate surface area is 147 Å². The van der Waals surface area contributed by atoms with Crippen LogP contribution < -0.4 is 0 Å². The summed E-state index contributed by atoms with van der Waals surface area (Å²) >= 11 is 3.50. The molecule has 0 radical (unpaired) electrons. The van der Waals surface area contributed by atoms with Crippen molar-refractivity contribution in [2.75, 3.05) is 6.54 Å². The molecule has 122 valence electrons. The molecule has 4 rings (SSSR count). The second kappa shape index (κ2) is 6.06. The van der Waals surface area contributed by atoms with Crippen LogP contribution in [0.25, 0.3) is 10.9 Å². The minimum absolute atomic E-state index is 0.115. The lowest BCUT2D eigenvalue weighted by Crippen LogP contribution is -2.36. The van der Waals surface area contributed by atoms with Gasteiger partial charge in [-0.25, -0.2) is 4.39 Å². The van der Waals surface area contributed by atoms with Gasteiger partial charge in [-0.05, 0) is 29.8 Å². The van der Waals surface area contributed by atoms with Gasteiger partial charge in [-0.2, -0.15) is 0 Å². The Balaban J connectivity index is 1.58. The summed E-state index contributed by atoms with van der Waals surface area (Å²) in [6.07, 6.45) is 1.15. The van der Waals surface area contributed by atoms with E-state index in [9.17, 15) is 9.18 Å². The lowest BCUT2D eigenvalue weighted by molar-refractivity contribution is -0.131. The van der Waals surface area contributed by atoms with Crippen molar-refractivity contribution in [3.63, 3.8) is 0 Å². The predicted molar refractivity (Wildman–Crippen MR) is 95.2 cm³/mol. The number of fused-ring (bicyclic) bond motifs is 3. The molecule has 2 aromatic carbocycles. The van der Waals surface area contributed by atoms with E-state index in [4.69, 9.17) is 0 Å². The number of aromatic nitrogens is 1. The number of nitrogens with zero attached hydrogens (tertiary/aromatic N) is 1. The number of rotatable bonds is 2. The van der Waals surface area contributed by atoms with E-state index in [2.05, 4.69) is 20.9 Å². The van der Waals surface area contributed by atoms with Crippen LogP contribution in [0.4, 0.5) is 4.39 Å². The Morgan fingerprint density at radius 2 is 2.08 bits per heavy atom. The molecular formula is C19H16BrFN2O. The second-order valence-corrected chi connectivity index (χ2v) is 6.96. The highest BCUT2D eigenvalue weighted by Gasteiger charge is 2.24. The van der Waals surface area contributed by atoms with Gasteiger partial charge in [0.25, 0.3) is 0 Å². The number of hydrogen-bond donors (Lipinski definition) is 1. The van der Waals surface area contributed by atoms with Crippen LogP contribution in [-0.4, -0.2) is 22.3 Å². The molecule has 1 N–H and O–H groups in total. The standard InChI is InChI=1S/C19H16BrFN2O/c20-16-4-2-1-3-12(16)9-19(24)23-8-7-17-15(11-23)14-6-5-13(21)10-18(14)22-17/h1-6,10,22H,7-9,11H2. The topological polar surface area (TPSA) is 36.1 Å². The fourth-order valence-corrected chi connectivity index (χ4v) is 3.75. The van der Waals surface area contributed by atoms with Crippen LogP contribution >= 0.6 is 15.9 Å². The molecule has 1 aromatic heterocycles. The molecule has 2 heterocycles. The number of carbonyl (C=O) groups excluding carboxylic acids is 1. The molecule has 5 heteroatoms. The first-order chi connectivity index (χ1) is 11.6. The molecule has 0 saturated carbocycles. The van der Waals surface area contributed by atoms with Gasteiger partial charge in [0.1, 0.15) is 5.82 Å². The lowest BCUT2D eigenvalue weighted by atomic mass is 10.0. The van der Waals surface area contributed by atoms with Crippen molar-refractivity contribution in [3.05, 3.63) is 69.6 Å². The highest BCUT2D eigenvalue weighted by molar-refractivity contribution is 9.10. The fourth-order valence-electron chi connectivity index (χ4n) is 3.32. The van der Waals surface area contributed by atoms with Crippen LogP contribution in [0.5, 0.6) is 0 Å². The predicted octanol–water partition coefficient (Wildman–Crippen LogP) is 4.20. The summed E-state index contributed by atoms with van der Waals surface area (Å²) < 4.78 is 14.4. The Morgan fingerprint density at radius 1 is 1.25 bits per heavy atom. The largest absolute Gasteiger partial charge is 0.358 e. The van der Waals surface area contributed by atoms with Gasteiger partial charge < -0.3 is 9.88 Å². The zero-order valence-electron chi connectivity index (χ0n) is 13.0. The third-order valence-electron chi connectivity index (χ3n) is 4.59. The van der Waals surface area contributed by atoms with E-state index in [1.807, 2.05) is 29.2 Å². The molecule has 0 spiro atoms. The fraction of sp³-hybridized carbons (Fsp3) is 0.211. The number of aromatic amines is 1. The number of benzene rings is 2. The normalized spacial score (nSPS) is 14.0. The van der Waals surface area contributed by atoms with Crippen molar-refractivity contribution in [1.82, 2.24) is 9.88 Å². The Morgan fingerprint density at radius 3 is 2.92 bits per heavy atom. The number of nitrogens with one attached hydrogen (secondary N) is 1. The molecule has 0 aliphatic carbocycles. The van der Waals surface area contributed by atoms with E-state index >= 15 is 0 Å². The van der Waals surface area contributed by atoms with Gasteiger partial charge in [0.05, 0.1) is 6.42 Å². The first-order valence-electron chi connectivity index (χ1n) is 7.92. The maximum atomic E-state index is 13.4. The lowest BCUT2D eigenvalue weighted by Gasteiger charge is -2.27. The first-order valence-corrected chi connectivity index (χ1v) is 8.71. The van der Waals surface area contributed by atoms with E-state index in [0.29, 0.717) is 19.5 Å². The van der Waals surface area contributed by atoms with Gasteiger partial charge in [-0.3, -0.25) is 4.79 Å². The van der Waals surface area contributed by atoms with Gasteiger partial charge >= 0.3 is 0 Å². The summed E-state index contributed by atoms with van der Waals surface area (Å²) in [6, 6.07) is 12.6. The van der Waals surface area contributed by atoms with Crippen molar-refractivity contribution in [2.24, 2.45) is 0 Å². The van der Waals surface area contributed by atoms with E-state index in [-0.39, 0.29) is 11.7 Å². The quantitative estimate of drug-likeness (QED) is 0.703. The smallest absolute Gasteiger partial charge is 0.227 e. The van der Waals surface area contributed by atoms with Crippen molar-refractivity contribution in [2.45, 2.75) is 19.4 Å². The number of amides is 1. The van der Waals surface area contributed by atoms with Gasteiger partial charge in [0.2, 0.25) is 5.91 Å². The van der Waals surface area contributed by atoms with Crippen LogP contribution in [0.3, 0.4) is 0 Å². The molecule has 0 bridgehead atoms. The molecule has 1 aliphatic rings. The molecule has 24 heavy (non-hydrogen) atoms.